The Kier molecular flexibility index (Phi) is 3.66. The second-order valence-corrected chi connectivity index (χ2v) is 4.37. The molecule has 1 amide bonds. The van der Waals surface area contributed by atoms with Crippen LogP contribution in [0.4, 0.5) is 11.5 Å². The van der Waals surface area contributed by atoms with Crippen LogP contribution in [-0.4, -0.2) is 17.9 Å². The largest absolute Gasteiger partial charge is 0.399 e. The van der Waals surface area contributed by atoms with Crippen LogP contribution in [0, 0.1) is 0 Å². The second-order valence-electron chi connectivity index (χ2n) is 4.37. The number of nitrogen functional groups attached to an aromatic ring is 1. The highest BCUT2D eigenvalue weighted by Gasteiger charge is 2.07. The average Bonchev–Trinajstić information content (AvgIpc) is 2.39. The monoisotopic (exact) mass is 256 g/mol. The van der Waals surface area contributed by atoms with Crippen molar-refractivity contribution >= 4 is 17.4 Å². The van der Waals surface area contributed by atoms with Crippen LogP contribution in [0.2, 0.25) is 0 Å². The van der Waals surface area contributed by atoms with Crippen LogP contribution >= 0.6 is 0 Å². The van der Waals surface area contributed by atoms with E-state index in [0.717, 1.165) is 11.3 Å². The summed E-state index contributed by atoms with van der Waals surface area (Å²) in [7, 11) is 1.90. The first-order valence-corrected chi connectivity index (χ1v) is 5.87. The minimum atomic E-state index is -0.457. The zero-order valence-corrected chi connectivity index (χ0v) is 10.7. The summed E-state index contributed by atoms with van der Waals surface area (Å²) in [6.45, 7) is 0.653. The molecule has 1 aromatic carbocycles. The maximum atomic E-state index is 11.1. The summed E-state index contributed by atoms with van der Waals surface area (Å²) in [5.74, 6) is 0.236. The number of pyridine rings is 1. The van der Waals surface area contributed by atoms with Crippen molar-refractivity contribution in [2.24, 2.45) is 5.73 Å². The van der Waals surface area contributed by atoms with E-state index in [1.807, 2.05) is 36.2 Å². The minimum absolute atomic E-state index is 0.449. The van der Waals surface area contributed by atoms with E-state index in [4.69, 9.17) is 11.5 Å². The second kappa shape index (κ2) is 5.39. The van der Waals surface area contributed by atoms with Crippen LogP contribution in [0.3, 0.4) is 0 Å². The molecule has 5 heteroatoms. The van der Waals surface area contributed by atoms with Crippen LogP contribution in [0.5, 0.6) is 0 Å². The summed E-state index contributed by atoms with van der Waals surface area (Å²) in [5, 5.41) is 0. The van der Waals surface area contributed by atoms with Gasteiger partial charge in [0, 0.05) is 31.0 Å². The Morgan fingerprint density at radius 1 is 1.32 bits per heavy atom. The van der Waals surface area contributed by atoms with E-state index in [-0.39, 0.29) is 0 Å². The Labute approximate surface area is 111 Å². The molecule has 2 rings (SSSR count). The van der Waals surface area contributed by atoms with Gasteiger partial charge in [-0.1, -0.05) is 12.1 Å². The smallest absolute Gasteiger partial charge is 0.248 e. The van der Waals surface area contributed by atoms with Crippen molar-refractivity contribution in [1.29, 1.82) is 0 Å². The Bertz CT molecular complexity index is 598. The lowest BCUT2D eigenvalue weighted by Crippen LogP contribution is -2.19. The van der Waals surface area contributed by atoms with Gasteiger partial charge in [0.25, 0.3) is 0 Å². The van der Waals surface area contributed by atoms with Crippen molar-refractivity contribution in [2.45, 2.75) is 6.54 Å². The third kappa shape index (κ3) is 3.22. The molecule has 4 N–H and O–H groups in total. The van der Waals surface area contributed by atoms with Crippen molar-refractivity contribution in [3.63, 3.8) is 0 Å². The van der Waals surface area contributed by atoms with E-state index >= 15 is 0 Å². The number of hydrogen-bond acceptors (Lipinski definition) is 4. The first-order chi connectivity index (χ1) is 9.06. The molecular formula is C14H16N4O. The van der Waals surface area contributed by atoms with Crippen molar-refractivity contribution in [2.75, 3.05) is 17.7 Å². The van der Waals surface area contributed by atoms with Crippen molar-refractivity contribution in [3.05, 3.63) is 53.7 Å². The number of rotatable bonds is 4. The normalized spacial score (nSPS) is 10.2. The third-order valence-corrected chi connectivity index (χ3v) is 2.79. The zero-order chi connectivity index (χ0) is 13.8. The maximum absolute atomic E-state index is 11.1. The predicted molar refractivity (Wildman–Crippen MR) is 75.7 cm³/mol. The van der Waals surface area contributed by atoms with Crippen LogP contribution in [-0.2, 0) is 6.54 Å². The molecule has 0 bridgehead atoms. The van der Waals surface area contributed by atoms with Crippen molar-refractivity contribution < 1.29 is 4.79 Å². The molecule has 0 radical (unpaired) electrons. The lowest BCUT2D eigenvalue weighted by molar-refractivity contribution is 0.1000. The number of carbonyl (C=O) groups is 1. The first-order valence-electron chi connectivity index (χ1n) is 5.87. The molecule has 0 spiro atoms. The molecular weight excluding hydrogens is 240 g/mol. The number of aromatic nitrogens is 1. The Morgan fingerprint density at radius 3 is 2.79 bits per heavy atom. The molecule has 0 saturated heterocycles. The Morgan fingerprint density at radius 2 is 2.11 bits per heavy atom. The fourth-order valence-corrected chi connectivity index (χ4v) is 1.83. The van der Waals surface area contributed by atoms with Crippen molar-refractivity contribution in [1.82, 2.24) is 4.98 Å². The van der Waals surface area contributed by atoms with E-state index in [1.54, 1.807) is 18.3 Å². The number of primary amides is 1. The van der Waals surface area contributed by atoms with E-state index in [0.29, 0.717) is 17.9 Å². The Hall–Kier alpha value is -2.56. The number of carbonyl (C=O) groups excluding carboxylic acids is 1. The van der Waals surface area contributed by atoms with Crippen LogP contribution < -0.4 is 16.4 Å². The number of hydrogen-bond donors (Lipinski definition) is 2. The summed E-state index contributed by atoms with van der Waals surface area (Å²) in [6, 6.07) is 10.9. The molecule has 0 aliphatic heterocycles. The van der Waals surface area contributed by atoms with E-state index < -0.39 is 5.91 Å². The topological polar surface area (TPSA) is 85.2 Å². The standard InChI is InChI=1S/C14H16N4O/c1-18(9-10-3-2-4-12(15)7-10)13-8-11(14(16)19)5-6-17-13/h2-8H,9,15H2,1H3,(H2,16,19). The van der Waals surface area contributed by atoms with Gasteiger partial charge < -0.3 is 16.4 Å². The van der Waals surface area contributed by atoms with Gasteiger partial charge in [-0.2, -0.15) is 0 Å². The molecule has 0 saturated carbocycles. The first kappa shape index (κ1) is 12.9. The summed E-state index contributed by atoms with van der Waals surface area (Å²) >= 11 is 0. The van der Waals surface area contributed by atoms with Gasteiger partial charge in [0.2, 0.25) is 5.91 Å². The van der Waals surface area contributed by atoms with Crippen LogP contribution in [0.1, 0.15) is 15.9 Å². The number of nitrogens with zero attached hydrogens (tertiary/aromatic N) is 2. The van der Waals surface area contributed by atoms with Gasteiger partial charge in [-0.25, -0.2) is 4.98 Å². The van der Waals surface area contributed by atoms with Gasteiger partial charge in [-0.3, -0.25) is 4.79 Å². The molecule has 2 aromatic rings. The fraction of sp³-hybridized carbons (Fsp3) is 0.143. The molecule has 98 valence electrons. The lowest BCUT2D eigenvalue weighted by Gasteiger charge is -2.18. The van der Waals surface area contributed by atoms with E-state index in [2.05, 4.69) is 4.98 Å². The van der Waals surface area contributed by atoms with E-state index in [1.165, 1.54) is 0 Å². The fourth-order valence-electron chi connectivity index (χ4n) is 1.83. The number of amides is 1. The predicted octanol–water partition coefficient (Wildman–Crippen LogP) is 1.40. The third-order valence-electron chi connectivity index (χ3n) is 2.79. The average molecular weight is 256 g/mol. The highest BCUT2D eigenvalue weighted by molar-refractivity contribution is 5.93. The molecule has 19 heavy (non-hydrogen) atoms. The van der Waals surface area contributed by atoms with Crippen LogP contribution in [0.15, 0.2) is 42.6 Å². The van der Waals surface area contributed by atoms with Gasteiger partial charge in [0.1, 0.15) is 5.82 Å². The summed E-state index contributed by atoms with van der Waals surface area (Å²) < 4.78 is 0. The number of nitrogens with two attached hydrogens (primary N) is 2. The Balaban J connectivity index is 2.18. The van der Waals surface area contributed by atoms with Gasteiger partial charge in [-0.15, -0.1) is 0 Å². The number of benzene rings is 1. The maximum Gasteiger partial charge on any atom is 0.248 e. The van der Waals surface area contributed by atoms with Gasteiger partial charge in [-0.05, 0) is 29.8 Å². The quantitative estimate of drug-likeness (QED) is 0.810. The van der Waals surface area contributed by atoms with Crippen LogP contribution in [0.25, 0.3) is 0 Å². The summed E-state index contributed by atoms with van der Waals surface area (Å²) in [5.41, 5.74) is 13.2. The summed E-state index contributed by atoms with van der Waals surface area (Å²) in [6.07, 6.45) is 1.57. The zero-order valence-electron chi connectivity index (χ0n) is 10.7. The molecule has 0 aliphatic carbocycles. The van der Waals surface area contributed by atoms with Gasteiger partial charge in [0.15, 0.2) is 0 Å². The highest BCUT2D eigenvalue weighted by atomic mass is 16.1. The molecule has 0 atom stereocenters. The molecule has 5 nitrogen and oxygen atoms in total. The number of anilines is 2. The molecule has 0 aliphatic rings. The highest BCUT2D eigenvalue weighted by Crippen LogP contribution is 2.15. The SMILES string of the molecule is CN(Cc1cccc(N)c1)c1cc(C(N)=O)ccn1. The summed E-state index contributed by atoms with van der Waals surface area (Å²) in [4.78, 5) is 17.3. The molecule has 0 unspecified atom stereocenters. The van der Waals surface area contributed by atoms with Gasteiger partial charge >= 0.3 is 0 Å². The molecule has 1 heterocycles. The van der Waals surface area contributed by atoms with E-state index in [9.17, 15) is 4.79 Å². The van der Waals surface area contributed by atoms with Crippen molar-refractivity contribution in [3.8, 4) is 0 Å². The molecule has 0 fully saturated rings. The van der Waals surface area contributed by atoms with Gasteiger partial charge in [0.05, 0.1) is 0 Å². The lowest BCUT2D eigenvalue weighted by atomic mass is 10.2. The molecule has 1 aromatic heterocycles. The minimum Gasteiger partial charge on any atom is -0.399 e.